The van der Waals surface area contributed by atoms with Gasteiger partial charge in [-0.05, 0) is 41.4 Å². The van der Waals surface area contributed by atoms with Crippen molar-refractivity contribution >= 4 is 23.0 Å². The number of nitrogens with zero attached hydrogens (tertiary/aromatic N) is 1. The number of benzene rings is 1. The van der Waals surface area contributed by atoms with Crippen LogP contribution in [0.4, 0.5) is 5.69 Å². The van der Waals surface area contributed by atoms with Crippen LogP contribution in [0.5, 0.6) is 5.75 Å². The zero-order valence-corrected chi connectivity index (χ0v) is 11.9. The summed E-state index contributed by atoms with van der Waals surface area (Å²) in [5, 5.41) is 13.4. The number of carboxylic acid groups (broad SMARTS) is 1. The molecule has 104 valence electrons. The number of carboxylic acids is 1. The number of anilines is 1. The summed E-state index contributed by atoms with van der Waals surface area (Å²) in [6.07, 6.45) is 0. The molecule has 0 radical (unpaired) electrons. The third-order valence-corrected chi connectivity index (χ3v) is 4.31. The first-order valence-electron chi connectivity index (χ1n) is 6.46. The summed E-state index contributed by atoms with van der Waals surface area (Å²) in [6.45, 7) is 3.39. The molecule has 20 heavy (non-hydrogen) atoms. The maximum atomic E-state index is 11.3. The van der Waals surface area contributed by atoms with Gasteiger partial charge in [0.25, 0.3) is 0 Å². The zero-order chi connectivity index (χ0) is 14.1. The predicted octanol–water partition coefficient (Wildman–Crippen LogP) is 3.41. The Balaban J connectivity index is 2.02. The van der Waals surface area contributed by atoms with Crippen molar-refractivity contribution in [2.75, 3.05) is 18.1 Å². The molecule has 3 rings (SSSR count). The highest BCUT2D eigenvalue weighted by atomic mass is 32.1. The van der Waals surface area contributed by atoms with Crippen molar-refractivity contribution < 1.29 is 14.6 Å². The fourth-order valence-electron chi connectivity index (χ4n) is 2.53. The predicted molar refractivity (Wildman–Crippen MR) is 79.0 cm³/mol. The highest BCUT2D eigenvalue weighted by molar-refractivity contribution is 7.08. The molecule has 0 bridgehead atoms. The van der Waals surface area contributed by atoms with Gasteiger partial charge in [-0.25, -0.2) is 4.79 Å². The molecule has 2 aromatic rings. The Morgan fingerprint density at radius 3 is 3.00 bits per heavy atom. The molecule has 1 atom stereocenters. The second-order valence-electron chi connectivity index (χ2n) is 4.73. The average molecular weight is 289 g/mol. The van der Waals surface area contributed by atoms with Gasteiger partial charge in [0.1, 0.15) is 12.2 Å². The number of ether oxygens (including phenoxy) is 1. The van der Waals surface area contributed by atoms with E-state index < -0.39 is 5.97 Å². The van der Waals surface area contributed by atoms with Crippen LogP contribution >= 0.6 is 11.3 Å². The van der Waals surface area contributed by atoms with Crippen LogP contribution in [0, 0.1) is 0 Å². The molecule has 0 saturated carbocycles. The maximum Gasteiger partial charge on any atom is 0.339 e. The van der Waals surface area contributed by atoms with Crippen molar-refractivity contribution in [1.82, 2.24) is 0 Å². The molecule has 0 saturated heterocycles. The molecular weight excluding hydrogens is 274 g/mol. The van der Waals surface area contributed by atoms with Gasteiger partial charge in [0.05, 0.1) is 18.3 Å². The monoisotopic (exact) mass is 289 g/mol. The molecule has 2 heterocycles. The van der Waals surface area contributed by atoms with Crippen LogP contribution in [-0.2, 0) is 0 Å². The fourth-order valence-corrected chi connectivity index (χ4v) is 3.28. The van der Waals surface area contributed by atoms with E-state index in [1.54, 1.807) is 23.5 Å². The van der Waals surface area contributed by atoms with E-state index in [9.17, 15) is 9.90 Å². The lowest BCUT2D eigenvalue weighted by Gasteiger charge is -2.36. The van der Waals surface area contributed by atoms with Crippen LogP contribution in [0.15, 0.2) is 35.0 Å². The minimum atomic E-state index is -0.952. The average Bonchev–Trinajstić information content (AvgIpc) is 2.99. The van der Waals surface area contributed by atoms with Gasteiger partial charge >= 0.3 is 5.97 Å². The lowest BCUT2D eigenvalue weighted by atomic mass is 10.1. The number of carbonyl (C=O) groups is 1. The Morgan fingerprint density at radius 1 is 1.45 bits per heavy atom. The van der Waals surface area contributed by atoms with E-state index in [-0.39, 0.29) is 11.6 Å². The Kier molecular flexibility index (Phi) is 3.36. The van der Waals surface area contributed by atoms with E-state index >= 15 is 0 Å². The van der Waals surface area contributed by atoms with Crippen molar-refractivity contribution in [1.29, 1.82) is 0 Å². The van der Waals surface area contributed by atoms with Gasteiger partial charge < -0.3 is 14.7 Å². The summed E-state index contributed by atoms with van der Waals surface area (Å²) in [5.74, 6) is -0.472. The van der Waals surface area contributed by atoms with Gasteiger partial charge in [0.2, 0.25) is 0 Å². The van der Waals surface area contributed by atoms with E-state index in [1.165, 1.54) is 5.56 Å². The van der Waals surface area contributed by atoms with Crippen molar-refractivity contribution in [3.63, 3.8) is 0 Å². The SMILES string of the molecule is CC(c1ccsc1)N1CCOc2c(C(=O)O)cccc21. The number of hydrogen-bond acceptors (Lipinski definition) is 4. The van der Waals surface area contributed by atoms with Crippen molar-refractivity contribution in [2.24, 2.45) is 0 Å². The van der Waals surface area contributed by atoms with Crippen LogP contribution in [0.1, 0.15) is 28.9 Å². The van der Waals surface area contributed by atoms with E-state index in [2.05, 4.69) is 28.7 Å². The molecule has 1 aliphatic heterocycles. The van der Waals surface area contributed by atoms with Crippen LogP contribution in [0.3, 0.4) is 0 Å². The van der Waals surface area contributed by atoms with Gasteiger partial charge in [-0.2, -0.15) is 11.3 Å². The lowest BCUT2D eigenvalue weighted by Crippen LogP contribution is -2.35. The third kappa shape index (κ3) is 2.14. The molecule has 1 unspecified atom stereocenters. The molecule has 0 spiro atoms. The Morgan fingerprint density at radius 2 is 2.30 bits per heavy atom. The Labute approximate surface area is 121 Å². The normalized spacial score (nSPS) is 15.3. The van der Waals surface area contributed by atoms with Crippen LogP contribution in [0.25, 0.3) is 0 Å². The first kappa shape index (κ1) is 13.0. The summed E-state index contributed by atoms with van der Waals surface area (Å²) in [7, 11) is 0. The highest BCUT2D eigenvalue weighted by Gasteiger charge is 2.27. The number of hydrogen-bond donors (Lipinski definition) is 1. The molecule has 0 fully saturated rings. The second kappa shape index (κ2) is 5.17. The molecule has 1 aliphatic rings. The van der Waals surface area contributed by atoms with Gasteiger partial charge in [-0.15, -0.1) is 0 Å². The molecule has 1 N–H and O–H groups in total. The molecule has 1 aromatic carbocycles. The van der Waals surface area contributed by atoms with Crippen LogP contribution in [0.2, 0.25) is 0 Å². The molecule has 4 nitrogen and oxygen atoms in total. The number of aromatic carboxylic acids is 1. The number of para-hydroxylation sites is 1. The lowest BCUT2D eigenvalue weighted by molar-refractivity contribution is 0.0692. The van der Waals surface area contributed by atoms with Crippen molar-refractivity contribution in [3.05, 3.63) is 46.2 Å². The topological polar surface area (TPSA) is 49.8 Å². The molecule has 5 heteroatoms. The molecule has 1 aromatic heterocycles. The van der Waals surface area contributed by atoms with Gasteiger partial charge in [0.15, 0.2) is 5.75 Å². The molecule has 0 aliphatic carbocycles. The van der Waals surface area contributed by atoms with E-state index in [0.717, 1.165) is 12.2 Å². The Hall–Kier alpha value is -2.01. The minimum Gasteiger partial charge on any atom is -0.489 e. The first-order chi connectivity index (χ1) is 9.68. The summed E-state index contributed by atoms with van der Waals surface area (Å²) in [4.78, 5) is 13.5. The summed E-state index contributed by atoms with van der Waals surface area (Å²) >= 11 is 1.67. The van der Waals surface area contributed by atoms with Gasteiger partial charge in [0, 0.05) is 0 Å². The standard InChI is InChI=1S/C15H15NO3S/c1-10(11-5-8-20-9-11)16-6-7-19-14-12(15(17)18)3-2-4-13(14)16/h2-5,8-10H,6-7H2,1H3,(H,17,18). The van der Waals surface area contributed by atoms with Gasteiger partial charge in [-0.3, -0.25) is 0 Å². The van der Waals surface area contributed by atoms with Crippen LogP contribution in [-0.4, -0.2) is 24.2 Å². The maximum absolute atomic E-state index is 11.3. The largest absolute Gasteiger partial charge is 0.489 e. The summed E-state index contributed by atoms with van der Waals surface area (Å²) < 4.78 is 5.59. The van der Waals surface area contributed by atoms with Crippen molar-refractivity contribution in [2.45, 2.75) is 13.0 Å². The van der Waals surface area contributed by atoms with Crippen molar-refractivity contribution in [3.8, 4) is 5.75 Å². The number of fused-ring (bicyclic) bond motifs is 1. The molecule has 0 amide bonds. The highest BCUT2D eigenvalue weighted by Crippen LogP contribution is 2.39. The summed E-state index contributed by atoms with van der Waals surface area (Å²) in [6, 6.07) is 7.58. The Bertz CT molecular complexity index is 624. The van der Waals surface area contributed by atoms with E-state index in [4.69, 9.17) is 4.74 Å². The zero-order valence-electron chi connectivity index (χ0n) is 11.1. The summed E-state index contributed by atoms with van der Waals surface area (Å²) in [5.41, 5.74) is 2.32. The van der Waals surface area contributed by atoms with Crippen LogP contribution < -0.4 is 9.64 Å². The first-order valence-corrected chi connectivity index (χ1v) is 7.40. The quantitative estimate of drug-likeness (QED) is 0.940. The second-order valence-corrected chi connectivity index (χ2v) is 5.51. The minimum absolute atomic E-state index is 0.202. The van der Waals surface area contributed by atoms with E-state index in [0.29, 0.717) is 12.4 Å². The van der Waals surface area contributed by atoms with Gasteiger partial charge in [-0.1, -0.05) is 6.07 Å². The molecular formula is C15H15NO3S. The number of rotatable bonds is 3. The smallest absolute Gasteiger partial charge is 0.339 e. The van der Waals surface area contributed by atoms with E-state index in [1.807, 2.05) is 6.07 Å². The number of thiophene rings is 1. The fraction of sp³-hybridized carbons (Fsp3) is 0.267. The third-order valence-electron chi connectivity index (χ3n) is 3.61.